The van der Waals surface area contributed by atoms with Crippen molar-refractivity contribution in [3.8, 4) is 17.2 Å². The van der Waals surface area contributed by atoms with Crippen LogP contribution >= 0.6 is 0 Å². The summed E-state index contributed by atoms with van der Waals surface area (Å²) >= 11 is 0. The Morgan fingerprint density at radius 1 is 1.08 bits per heavy atom. The molecule has 0 atom stereocenters. The highest BCUT2D eigenvalue weighted by Gasteiger charge is 2.10. The lowest BCUT2D eigenvalue weighted by molar-refractivity contribution is 0.0950. The molecule has 0 saturated heterocycles. The number of para-hydroxylation sites is 1. The maximum atomic E-state index is 12.4. The van der Waals surface area contributed by atoms with Crippen LogP contribution < -0.4 is 14.8 Å². The largest absolute Gasteiger partial charge is 0.497 e. The van der Waals surface area contributed by atoms with Gasteiger partial charge in [0.1, 0.15) is 11.5 Å². The summed E-state index contributed by atoms with van der Waals surface area (Å²) in [6, 6.07) is 14.9. The van der Waals surface area contributed by atoms with Gasteiger partial charge >= 0.3 is 0 Å². The molecular weight excluding hydrogens is 318 g/mol. The van der Waals surface area contributed by atoms with E-state index < -0.39 is 0 Å². The molecule has 2 aromatic carbocycles. The van der Waals surface area contributed by atoms with E-state index in [-0.39, 0.29) is 5.91 Å². The molecule has 1 N–H and O–H groups in total. The van der Waals surface area contributed by atoms with Crippen LogP contribution in [0.1, 0.15) is 15.9 Å². The van der Waals surface area contributed by atoms with Crippen LogP contribution in [0.3, 0.4) is 0 Å². The predicted octanol–water partition coefficient (Wildman–Crippen LogP) is 2.82. The van der Waals surface area contributed by atoms with E-state index in [1.807, 2.05) is 36.5 Å². The fourth-order valence-corrected chi connectivity index (χ4v) is 2.40. The summed E-state index contributed by atoms with van der Waals surface area (Å²) in [5, 5.41) is 7.20. The van der Waals surface area contributed by atoms with E-state index in [0.29, 0.717) is 23.6 Å². The second kappa shape index (κ2) is 7.53. The fourth-order valence-electron chi connectivity index (χ4n) is 2.40. The Labute approximate surface area is 146 Å². The van der Waals surface area contributed by atoms with Gasteiger partial charge in [0.25, 0.3) is 5.91 Å². The first-order chi connectivity index (χ1) is 12.2. The van der Waals surface area contributed by atoms with Gasteiger partial charge in [-0.3, -0.25) is 4.79 Å². The number of amides is 1. The number of carbonyl (C=O) groups is 1. The normalized spacial score (nSPS) is 10.3. The first-order valence-electron chi connectivity index (χ1n) is 7.80. The van der Waals surface area contributed by atoms with Crippen molar-refractivity contribution in [1.29, 1.82) is 0 Å². The van der Waals surface area contributed by atoms with E-state index in [1.54, 1.807) is 43.3 Å². The van der Waals surface area contributed by atoms with Crippen LogP contribution in [0.5, 0.6) is 11.5 Å². The van der Waals surface area contributed by atoms with E-state index >= 15 is 0 Å². The van der Waals surface area contributed by atoms with Crippen molar-refractivity contribution in [3.05, 3.63) is 72.1 Å². The van der Waals surface area contributed by atoms with Crippen LogP contribution in [0.25, 0.3) is 5.69 Å². The second-order valence-corrected chi connectivity index (χ2v) is 5.41. The Balaban J connectivity index is 1.68. The fraction of sp³-hybridized carbons (Fsp3) is 0.158. The van der Waals surface area contributed by atoms with E-state index in [4.69, 9.17) is 9.47 Å². The number of aromatic nitrogens is 2. The zero-order valence-corrected chi connectivity index (χ0v) is 14.1. The summed E-state index contributed by atoms with van der Waals surface area (Å²) < 4.78 is 12.2. The molecular formula is C19H19N3O3. The minimum absolute atomic E-state index is 0.204. The van der Waals surface area contributed by atoms with Gasteiger partial charge in [0, 0.05) is 29.9 Å². The first kappa shape index (κ1) is 16.6. The van der Waals surface area contributed by atoms with E-state index in [1.165, 1.54) is 0 Å². The number of nitrogens with zero attached hydrogens (tertiary/aromatic N) is 2. The predicted molar refractivity (Wildman–Crippen MR) is 94.3 cm³/mol. The average Bonchev–Trinajstić information content (AvgIpc) is 3.15. The Kier molecular flexibility index (Phi) is 4.99. The van der Waals surface area contributed by atoms with Gasteiger partial charge < -0.3 is 14.8 Å². The Morgan fingerprint density at radius 3 is 2.40 bits per heavy atom. The molecule has 3 aromatic rings. The van der Waals surface area contributed by atoms with Crippen LogP contribution in [0.15, 0.2) is 60.9 Å². The molecule has 1 aromatic heterocycles. The molecule has 6 nitrogen and oxygen atoms in total. The van der Waals surface area contributed by atoms with Gasteiger partial charge in [0.2, 0.25) is 0 Å². The number of rotatable bonds is 6. The number of benzene rings is 2. The van der Waals surface area contributed by atoms with Crippen molar-refractivity contribution >= 4 is 5.91 Å². The molecule has 0 aliphatic heterocycles. The number of ether oxygens (including phenoxy) is 2. The number of nitrogens with one attached hydrogen (secondary N) is 1. The van der Waals surface area contributed by atoms with Crippen molar-refractivity contribution in [2.75, 3.05) is 14.2 Å². The molecule has 0 radical (unpaired) electrons. The third-order valence-corrected chi connectivity index (χ3v) is 3.72. The van der Waals surface area contributed by atoms with Gasteiger partial charge in [-0.25, -0.2) is 4.68 Å². The molecule has 128 valence electrons. The first-order valence-corrected chi connectivity index (χ1v) is 7.80. The maximum Gasteiger partial charge on any atom is 0.251 e. The summed E-state index contributed by atoms with van der Waals surface area (Å²) in [5.41, 5.74) is 2.36. The number of carbonyl (C=O) groups excluding carboxylic acids is 1. The minimum atomic E-state index is -0.204. The lowest BCUT2D eigenvalue weighted by Gasteiger charge is -2.08. The van der Waals surface area contributed by atoms with Gasteiger partial charge in [-0.2, -0.15) is 5.10 Å². The molecule has 0 unspecified atom stereocenters. The molecule has 1 amide bonds. The summed E-state index contributed by atoms with van der Waals surface area (Å²) in [6.45, 7) is 0.380. The standard InChI is InChI=1S/C19H19N3O3/c1-24-17-8-15(9-18(10-17)25-2)19(23)20-11-14-12-21-22(13-14)16-6-4-3-5-7-16/h3-10,12-13H,11H2,1-2H3,(H,20,23). The number of hydrogen-bond donors (Lipinski definition) is 1. The second-order valence-electron chi connectivity index (χ2n) is 5.41. The van der Waals surface area contributed by atoms with Gasteiger partial charge in [0.15, 0.2) is 0 Å². The van der Waals surface area contributed by atoms with E-state index in [9.17, 15) is 4.79 Å². The van der Waals surface area contributed by atoms with Crippen molar-refractivity contribution in [2.45, 2.75) is 6.54 Å². The minimum Gasteiger partial charge on any atom is -0.497 e. The SMILES string of the molecule is COc1cc(OC)cc(C(=O)NCc2cnn(-c3ccccc3)c2)c1. The Morgan fingerprint density at radius 2 is 1.76 bits per heavy atom. The lowest BCUT2D eigenvalue weighted by Crippen LogP contribution is -2.22. The highest BCUT2D eigenvalue weighted by atomic mass is 16.5. The van der Waals surface area contributed by atoms with Gasteiger partial charge in [-0.15, -0.1) is 0 Å². The summed E-state index contributed by atoms with van der Waals surface area (Å²) in [6.07, 6.45) is 3.63. The van der Waals surface area contributed by atoms with Crippen molar-refractivity contribution in [3.63, 3.8) is 0 Å². The Bertz CT molecular complexity index is 837. The maximum absolute atomic E-state index is 12.4. The van der Waals surface area contributed by atoms with Crippen molar-refractivity contribution in [2.24, 2.45) is 0 Å². The smallest absolute Gasteiger partial charge is 0.251 e. The Hall–Kier alpha value is -3.28. The van der Waals surface area contributed by atoms with E-state index in [2.05, 4.69) is 10.4 Å². The molecule has 25 heavy (non-hydrogen) atoms. The summed E-state index contributed by atoms with van der Waals surface area (Å²) in [7, 11) is 3.10. The number of hydrogen-bond acceptors (Lipinski definition) is 4. The molecule has 0 spiro atoms. The average molecular weight is 337 g/mol. The zero-order valence-electron chi connectivity index (χ0n) is 14.1. The highest BCUT2D eigenvalue weighted by Crippen LogP contribution is 2.22. The molecule has 1 heterocycles. The number of methoxy groups -OCH3 is 2. The molecule has 6 heteroatoms. The van der Waals surface area contributed by atoms with Crippen molar-refractivity contribution < 1.29 is 14.3 Å². The lowest BCUT2D eigenvalue weighted by atomic mass is 10.2. The zero-order chi connectivity index (χ0) is 17.6. The van der Waals surface area contributed by atoms with Gasteiger partial charge in [-0.1, -0.05) is 18.2 Å². The molecule has 0 saturated carbocycles. The van der Waals surface area contributed by atoms with Crippen LogP contribution in [0, 0.1) is 0 Å². The third-order valence-electron chi connectivity index (χ3n) is 3.72. The van der Waals surface area contributed by atoms with Crippen molar-refractivity contribution in [1.82, 2.24) is 15.1 Å². The summed E-state index contributed by atoms with van der Waals surface area (Å²) in [5.74, 6) is 0.937. The van der Waals surface area contributed by atoms with Crippen LogP contribution in [-0.4, -0.2) is 29.9 Å². The quantitative estimate of drug-likeness (QED) is 0.751. The highest BCUT2D eigenvalue weighted by molar-refractivity contribution is 5.95. The van der Waals surface area contributed by atoms with Crippen LogP contribution in [0.4, 0.5) is 0 Å². The molecule has 0 aliphatic carbocycles. The van der Waals surface area contributed by atoms with Crippen LogP contribution in [0.2, 0.25) is 0 Å². The van der Waals surface area contributed by atoms with E-state index in [0.717, 1.165) is 11.3 Å². The molecule has 0 aliphatic rings. The molecule has 3 rings (SSSR count). The monoisotopic (exact) mass is 337 g/mol. The topological polar surface area (TPSA) is 65.4 Å². The summed E-state index contributed by atoms with van der Waals surface area (Å²) in [4.78, 5) is 12.4. The molecule has 0 fully saturated rings. The third kappa shape index (κ3) is 3.98. The molecule has 0 bridgehead atoms. The van der Waals surface area contributed by atoms with Crippen LogP contribution in [-0.2, 0) is 6.54 Å². The van der Waals surface area contributed by atoms with Gasteiger partial charge in [-0.05, 0) is 24.3 Å². The van der Waals surface area contributed by atoms with Gasteiger partial charge in [0.05, 0.1) is 26.1 Å².